The summed E-state index contributed by atoms with van der Waals surface area (Å²) in [6.45, 7) is 3.97. The van der Waals surface area contributed by atoms with E-state index in [2.05, 4.69) is 21.2 Å². The van der Waals surface area contributed by atoms with E-state index in [1.54, 1.807) is 0 Å². The van der Waals surface area contributed by atoms with Gasteiger partial charge in [0.05, 0.1) is 9.37 Å². The van der Waals surface area contributed by atoms with E-state index in [0.29, 0.717) is 13.1 Å². The first-order valence-electron chi connectivity index (χ1n) is 7.14. The molecule has 1 fully saturated rings. The highest BCUT2D eigenvalue weighted by atomic mass is 79.9. The molecule has 1 aromatic rings. The molecule has 1 aliphatic rings. The van der Waals surface area contributed by atoms with Gasteiger partial charge in [-0.15, -0.1) is 0 Å². The second kappa shape index (κ2) is 7.17. The van der Waals surface area contributed by atoms with Crippen molar-refractivity contribution < 1.29 is 12.8 Å². The summed E-state index contributed by atoms with van der Waals surface area (Å²) < 4.78 is 41.0. The SMILES string of the molecule is CCCN(C1CCCNC1)S(=O)(=O)c1ccc(Br)c(F)c1. The summed E-state index contributed by atoms with van der Waals surface area (Å²) in [5.74, 6) is -0.561. The fourth-order valence-electron chi connectivity index (χ4n) is 2.57. The maximum absolute atomic E-state index is 13.7. The average molecular weight is 379 g/mol. The molecule has 118 valence electrons. The number of halogens is 2. The third-order valence-electron chi connectivity index (χ3n) is 3.62. The van der Waals surface area contributed by atoms with E-state index in [4.69, 9.17) is 0 Å². The van der Waals surface area contributed by atoms with E-state index >= 15 is 0 Å². The average Bonchev–Trinajstić information content (AvgIpc) is 2.48. The Morgan fingerprint density at radius 2 is 2.24 bits per heavy atom. The van der Waals surface area contributed by atoms with Gasteiger partial charge in [0, 0.05) is 19.1 Å². The summed E-state index contributed by atoms with van der Waals surface area (Å²) in [7, 11) is -3.67. The number of nitrogens with one attached hydrogen (secondary N) is 1. The maximum Gasteiger partial charge on any atom is 0.243 e. The van der Waals surface area contributed by atoms with Crippen LogP contribution < -0.4 is 5.32 Å². The van der Waals surface area contributed by atoms with Gasteiger partial charge in [-0.2, -0.15) is 4.31 Å². The van der Waals surface area contributed by atoms with Gasteiger partial charge < -0.3 is 5.32 Å². The Balaban J connectivity index is 2.34. The zero-order chi connectivity index (χ0) is 15.5. The fraction of sp³-hybridized carbons (Fsp3) is 0.571. The summed E-state index contributed by atoms with van der Waals surface area (Å²) in [6, 6.07) is 3.90. The quantitative estimate of drug-likeness (QED) is 0.856. The molecule has 0 spiro atoms. The maximum atomic E-state index is 13.7. The summed E-state index contributed by atoms with van der Waals surface area (Å²) in [4.78, 5) is 0.0159. The number of hydrogen-bond donors (Lipinski definition) is 1. The van der Waals surface area contributed by atoms with E-state index in [-0.39, 0.29) is 15.4 Å². The third kappa shape index (κ3) is 3.83. The highest BCUT2D eigenvalue weighted by molar-refractivity contribution is 9.10. The topological polar surface area (TPSA) is 49.4 Å². The zero-order valence-corrected chi connectivity index (χ0v) is 14.4. The molecular weight excluding hydrogens is 359 g/mol. The molecule has 0 radical (unpaired) electrons. The Hall–Kier alpha value is -0.500. The normalized spacial score (nSPS) is 19.9. The predicted molar refractivity (Wildman–Crippen MR) is 84.2 cm³/mol. The van der Waals surface area contributed by atoms with Crippen molar-refractivity contribution in [2.45, 2.75) is 37.1 Å². The molecule has 1 unspecified atom stereocenters. The minimum absolute atomic E-state index is 0.0159. The van der Waals surface area contributed by atoms with Crippen molar-refractivity contribution in [3.8, 4) is 0 Å². The first kappa shape index (κ1) is 16.9. The monoisotopic (exact) mass is 378 g/mol. The molecule has 4 nitrogen and oxygen atoms in total. The van der Waals surface area contributed by atoms with Crippen LogP contribution in [0.5, 0.6) is 0 Å². The minimum atomic E-state index is -3.67. The molecule has 0 aliphatic carbocycles. The molecule has 2 rings (SSSR count). The summed E-state index contributed by atoms with van der Waals surface area (Å²) >= 11 is 3.05. The van der Waals surface area contributed by atoms with Crippen LogP contribution in [0, 0.1) is 5.82 Å². The van der Waals surface area contributed by atoms with Crippen LogP contribution in [-0.4, -0.2) is 38.4 Å². The van der Waals surface area contributed by atoms with E-state index in [0.717, 1.165) is 31.9 Å². The van der Waals surface area contributed by atoms with E-state index in [1.165, 1.54) is 16.4 Å². The molecule has 0 saturated carbocycles. The van der Waals surface area contributed by atoms with Crippen molar-refractivity contribution in [3.63, 3.8) is 0 Å². The molecule has 1 atom stereocenters. The molecular formula is C14H20BrFN2O2S. The van der Waals surface area contributed by atoms with Crippen molar-refractivity contribution in [2.75, 3.05) is 19.6 Å². The number of sulfonamides is 1. The van der Waals surface area contributed by atoms with Gasteiger partial charge >= 0.3 is 0 Å². The van der Waals surface area contributed by atoms with Crippen LogP contribution in [0.3, 0.4) is 0 Å². The minimum Gasteiger partial charge on any atom is -0.315 e. The van der Waals surface area contributed by atoms with Gasteiger partial charge in [0.15, 0.2) is 0 Å². The van der Waals surface area contributed by atoms with Crippen LogP contribution >= 0.6 is 15.9 Å². The zero-order valence-electron chi connectivity index (χ0n) is 12.0. The first-order chi connectivity index (χ1) is 9.96. The number of benzene rings is 1. The molecule has 7 heteroatoms. The molecule has 1 saturated heterocycles. The Morgan fingerprint density at radius 3 is 2.81 bits per heavy atom. The van der Waals surface area contributed by atoms with E-state index in [1.807, 2.05) is 6.92 Å². The van der Waals surface area contributed by atoms with E-state index in [9.17, 15) is 12.8 Å². The van der Waals surface area contributed by atoms with Gasteiger partial charge in [0.25, 0.3) is 0 Å². The number of hydrogen-bond acceptors (Lipinski definition) is 3. The van der Waals surface area contributed by atoms with Crippen molar-refractivity contribution >= 4 is 26.0 Å². The fourth-order valence-corrected chi connectivity index (χ4v) is 4.58. The molecule has 0 amide bonds. The van der Waals surface area contributed by atoms with Gasteiger partial charge in [-0.25, -0.2) is 12.8 Å². The summed E-state index contributed by atoms with van der Waals surface area (Å²) in [5.41, 5.74) is 0. The highest BCUT2D eigenvalue weighted by Crippen LogP contribution is 2.25. The molecule has 1 aliphatic heterocycles. The van der Waals surface area contributed by atoms with Crippen LogP contribution in [0.4, 0.5) is 4.39 Å². The van der Waals surface area contributed by atoms with Gasteiger partial charge in [-0.3, -0.25) is 0 Å². The first-order valence-corrected chi connectivity index (χ1v) is 9.37. The second-order valence-corrected chi connectivity index (χ2v) is 7.94. The predicted octanol–water partition coefficient (Wildman–Crippen LogP) is 2.74. The van der Waals surface area contributed by atoms with Crippen LogP contribution in [0.25, 0.3) is 0 Å². The van der Waals surface area contributed by atoms with Crippen molar-refractivity contribution in [3.05, 3.63) is 28.5 Å². The molecule has 0 aromatic heterocycles. The Kier molecular flexibility index (Phi) is 5.76. The van der Waals surface area contributed by atoms with Crippen LogP contribution in [0.2, 0.25) is 0 Å². The molecule has 1 N–H and O–H groups in total. The Morgan fingerprint density at radius 1 is 1.48 bits per heavy atom. The van der Waals surface area contributed by atoms with Gasteiger partial charge in [-0.05, 0) is 59.9 Å². The van der Waals surface area contributed by atoms with Crippen LogP contribution in [0.15, 0.2) is 27.6 Å². The lowest BCUT2D eigenvalue weighted by Gasteiger charge is -2.33. The lowest BCUT2D eigenvalue weighted by atomic mass is 10.1. The van der Waals surface area contributed by atoms with Crippen LogP contribution in [-0.2, 0) is 10.0 Å². The third-order valence-corrected chi connectivity index (χ3v) is 6.21. The number of rotatable bonds is 5. The summed E-state index contributed by atoms with van der Waals surface area (Å²) in [5, 5.41) is 3.23. The number of nitrogens with zero attached hydrogens (tertiary/aromatic N) is 1. The smallest absolute Gasteiger partial charge is 0.243 e. The number of piperidine rings is 1. The van der Waals surface area contributed by atoms with Crippen molar-refractivity contribution in [2.24, 2.45) is 0 Å². The molecule has 1 aromatic carbocycles. The Bertz CT molecular complexity index is 589. The summed E-state index contributed by atoms with van der Waals surface area (Å²) in [6.07, 6.45) is 2.52. The Labute approximate surface area is 133 Å². The van der Waals surface area contributed by atoms with Gasteiger partial charge in [0.2, 0.25) is 10.0 Å². The largest absolute Gasteiger partial charge is 0.315 e. The molecule has 1 heterocycles. The highest BCUT2D eigenvalue weighted by Gasteiger charge is 2.32. The second-order valence-electron chi connectivity index (χ2n) is 5.19. The van der Waals surface area contributed by atoms with Crippen LogP contribution in [0.1, 0.15) is 26.2 Å². The van der Waals surface area contributed by atoms with Gasteiger partial charge in [-0.1, -0.05) is 6.92 Å². The standard InChI is InChI=1S/C14H20BrFN2O2S/c1-2-8-18(11-4-3-7-17-10-11)21(19,20)12-5-6-13(15)14(16)9-12/h5-6,9,11,17H,2-4,7-8,10H2,1H3. The van der Waals surface area contributed by atoms with Gasteiger partial charge in [0.1, 0.15) is 5.82 Å². The lowest BCUT2D eigenvalue weighted by molar-refractivity contribution is 0.266. The molecule has 21 heavy (non-hydrogen) atoms. The van der Waals surface area contributed by atoms with E-state index < -0.39 is 15.8 Å². The van der Waals surface area contributed by atoms with Crippen molar-refractivity contribution in [1.82, 2.24) is 9.62 Å². The molecule has 0 bridgehead atoms. The van der Waals surface area contributed by atoms with Crippen molar-refractivity contribution in [1.29, 1.82) is 0 Å². The lowest BCUT2D eigenvalue weighted by Crippen LogP contribution is -2.48.